The molecule has 0 spiro atoms. The summed E-state index contributed by atoms with van der Waals surface area (Å²) in [5.41, 5.74) is 6.46. The van der Waals surface area contributed by atoms with Gasteiger partial charge in [-0.2, -0.15) is 0 Å². The van der Waals surface area contributed by atoms with Gasteiger partial charge in [-0.15, -0.1) is 11.6 Å². The number of aliphatic imine (C=N–C) groups is 1. The van der Waals surface area contributed by atoms with Crippen LogP contribution in [0.25, 0.3) is 0 Å². The largest absolute Gasteiger partial charge is 0.284 e. The molecule has 0 bridgehead atoms. The van der Waals surface area contributed by atoms with Gasteiger partial charge in [0.05, 0.1) is 5.71 Å². The van der Waals surface area contributed by atoms with Gasteiger partial charge in [0.2, 0.25) is 0 Å². The summed E-state index contributed by atoms with van der Waals surface area (Å²) in [6, 6.07) is 17.2. The molecule has 20 heavy (non-hydrogen) atoms. The number of hydrogen-bond donors (Lipinski definition) is 0. The summed E-state index contributed by atoms with van der Waals surface area (Å²) in [5, 5.41) is 0. The predicted molar refractivity (Wildman–Crippen MR) is 86.1 cm³/mol. The van der Waals surface area contributed by atoms with Crippen LogP contribution in [0.5, 0.6) is 0 Å². The first-order valence-corrected chi connectivity index (χ1v) is 7.70. The Morgan fingerprint density at radius 3 is 2.55 bits per heavy atom. The van der Waals surface area contributed by atoms with Crippen LogP contribution in [0.3, 0.4) is 0 Å². The van der Waals surface area contributed by atoms with Crippen molar-refractivity contribution in [1.82, 2.24) is 0 Å². The van der Waals surface area contributed by atoms with E-state index < -0.39 is 0 Å². The zero-order chi connectivity index (χ0) is 13.8. The zero-order valence-electron chi connectivity index (χ0n) is 11.5. The van der Waals surface area contributed by atoms with Gasteiger partial charge in [0.15, 0.2) is 0 Å². The first kappa shape index (κ1) is 13.4. The normalized spacial score (nSPS) is 13.8. The second kappa shape index (κ2) is 6.23. The van der Waals surface area contributed by atoms with Crippen LogP contribution in [0.1, 0.15) is 28.7 Å². The Kier molecular flexibility index (Phi) is 4.17. The van der Waals surface area contributed by atoms with Crippen LogP contribution in [-0.4, -0.2) is 18.1 Å². The minimum atomic E-state index is 0.706. The van der Waals surface area contributed by atoms with E-state index in [4.69, 9.17) is 16.6 Å². The van der Waals surface area contributed by atoms with Gasteiger partial charge in [0.1, 0.15) is 0 Å². The molecule has 0 unspecified atom stereocenters. The molecule has 102 valence electrons. The van der Waals surface area contributed by atoms with Gasteiger partial charge in [0.25, 0.3) is 0 Å². The Bertz CT molecular complexity index is 631. The van der Waals surface area contributed by atoms with Crippen LogP contribution in [-0.2, 0) is 12.8 Å². The Hall–Kier alpha value is -1.60. The molecule has 0 atom stereocenters. The molecule has 2 aromatic carbocycles. The number of nitrogens with zero attached hydrogens (tertiary/aromatic N) is 1. The average molecular weight is 284 g/mol. The van der Waals surface area contributed by atoms with E-state index in [9.17, 15) is 0 Å². The van der Waals surface area contributed by atoms with Gasteiger partial charge in [-0.05, 0) is 30.4 Å². The molecule has 1 heterocycles. The monoisotopic (exact) mass is 283 g/mol. The Labute approximate surface area is 125 Å². The highest BCUT2D eigenvalue weighted by Gasteiger charge is 2.17. The summed E-state index contributed by atoms with van der Waals surface area (Å²) in [4.78, 5) is 4.79. The van der Waals surface area contributed by atoms with Crippen molar-refractivity contribution >= 4 is 17.3 Å². The van der Waals surface area contributed by atoms with E-state index in [0.29, 0.717) is 5.88 Å². The van der Waals surface area contributed by atoms with Crippen molar-refractivity contribution in [2.24, 2.45) is 4.99 Å². The molecule has 1 aliphatic heterocycles. The number of hydrogen-bond acceptors (Lipinski definition) is 1. The van der Waals surface area contributed by atoms with Crippen molar-refractivity contribution in [3.8, 4) is 0 Å². The van der Waals surface area contributed by atoms with Crippen LogP contribution in [0.4, 0.5) is 0 Å². The third kappa shape index (κ3) is 2.64. The first-order chi connectivity index (χ1) is 9.90. The maximum Gasteiger partial charge on any atom is 0.0724 e. The maximum absolute atomic E-state index is 5.84. The highest BCUT2D eigenvalue weighted by Crippen LogP contribution is 2.23. The average Bonchev–Trinajstić information content (AvgIpc) is 2.53. The molecule has 0 aromatic heterocycles. The third-order valence-electron chi connectivity index (χ3n) is 3.78. The number of alkyl halides is 1. The standard InChI is InChI=1S/C18H18ClN/c19-12-5-8-14-6-1-3-9-16(14)18-17-10-4-2-7-15(17)11-13-20-18/h1-4,6-7,9-10H,5,8,11-13H2. The third-order valence-corrected chi connectivity index (χ3v) is 4.04. The summed E-state index contributed by atoms with van der Waals surface area (Å²) in [6.07, 6.45) is 3.07. The minimum Gasteiger partial charge on any atom is -0.284 e. The van der Waals surface area contributed by atoms with Gasteiger partial charge in [0, 0.05) is 23.6 Å². The van der Waals surface area contributed by atoms with Gasteiger partial charge < -0.3 is 0 Å². The van der Waals surface area contributed by atoms with E-state index in [-0.39, 0.29) is 0 Å². The summed E-state index contributed by atoms with van der Waals surface area (Å²) in [5.74, 6) is 0.706. The summed E-state index contributed by atoms with van der Waals surface area (Å²) >= 11 is 5.84. The van der Waals surface area contributed by atoms with Crippen LogP contribution >= 0.6 is 11.6 Å². The Morgan fingerprint density at radius 1 is 0.950 bits per heavy atom. The fraction of sp³-hybridized carbons (Fsp3) is 0.278. The van der Waals surface area contributed by atoms with Gasteiger partial charge >= 0.3 is 0 Å². The molecule has 2 heteroatoms. The van der Waals surface area contributed by atoms with E-state index >= 15 is 0 Å². The van der Waals surface area contributed by atoms with Crippen LogP contribution in [0, 0.1) is 0 Å². The first-order valence-electron chi connectivity index (χ1n) is 7.17. The van der Waals surface area contributed by atoms with E-state index in [0.717, 1.165) is 31.5 Å². The number of aryl methyl sites for hydroxylation is 1. The highest BCUT2D eigenvalue weighted by atomic mass is 35.5. The molecule has 0 aliphatic carbocycles. The maximum atomic E-state index is 5.84. The topological polar surface area (TPSA) is 12.4 Å². The fourth-order valence-corrected chi connectivity index (χ4v) is 2.93. The lowest BCUT2D eigenvalue weighted by atomic mass is 9.90. The van der Waals surface area contributed by atoms with E-state index in [1.54, 1.807) is 0 Å². The molecular formula is C18H18ClN. The Morgan fingerprint density at radius 2 is 1.70 bits per heavy atom. The van der Waals surface area contributed by atoms with Crippen LogP contribution < -0.4 is 0 Å². The van der Waals surface area contributed by atoms with Gasteiger partial charge in [-0.3, -0.25) is 4.99 Å². The number of fused-ring (bicyclic) bond motifs is 1. The molecule has 1 nitrogen and oxygen atoms in total. The summed E-state index contributed by atoms with van der Waals surface area (Å²) in [6.45, 7) is 0.885. The van der Waals surface area contributed by atoms with E-state index in [2.05, 4.69) is 48.5 Å². The van der Waals surface area contributed by atoms with Crippen molar-refractivity contribution in [2.45, 2.75) is 19.3 Å². The smallest absolute Gasteiger partial charge is 0.0724 e. The molecule has 0 fully saturated rings. The zero-order valence-corrected chi connectivity index (χ0v) is 12.2. The molecule has 0 N–H and O–H groups in total. The quantitative estimate of drug-likeness (QED) is 0.744. The molecule has 0 radical (unpaired) electrons. The molecule has 0 saturated heterocycles. The second-order valence-electron chi connectivity index (χ2n) is 5.09. The van der Waals surface area contributed by atoms with Crippen LogP contribution in [0.2, 0.25) is 0 Å². The SMILES string of the molecule is ClCCCc1ccccc1C1=NCCc2ccccc21. The lowest BCUT2D eigenvalue weighted by molar-refractivity contribution is 0.918. The number of rotatable bonds is 4. The highest BCUT2D eigenvalue weighted by molar-refractivity contribution is 6.18. The predicted octanol–water partition coefficient (Wildman–Crippen LogP) is 4.25. The molecular weight excluding hydrogens is 266 g/mol. The lowest BCUT2D eigenvalue weighted by Gasteiger charge is -2.19. The van der Waals surface area contributed by atoms with Gasteiger partial charge in [-0.25, -0.2) is 0 Å². The second-order valence-corrected chi connectivity index (χ2v) is 5.47. The van der Waals surface area contributed by atoms with Crippen LogP contribution in [0.15, 0.2) is 53.5 Å². The summed E-state index contributed by atoms with van der Waals surface area (Å²) in [7, 11) is 0. The van der Waals surface area contributed by atoms with E-state index in [1.165, 1.54) is 22.3 Å². The Balaban J connectivity index is 2.03. The number of halogens is 1. The van der Waals surface area contributed by atoms with Gasteiger partial charge in [-0.1, -0.05) is 48.5 Å². The lowest BCUT2D eigenvalue weighted by Crippen LogP contribution is -2.15. The van der Waals surface area contributed by atoms with Crippen molar-refractivity contribution in [3.05, 3.63) is 70.8 Å². The summed E-state index contributed by atoms with van der Waals surface area (Å²) < 4.78 is 0. The van der Waals surface area contributed by atoms with Crippen molar-refractivity contribution in [3.63, 3.8) is 0 Å². The van der Waals surface area contributed by atoms with Crippen molar-refractivity contribution in [2.75, 3.05) is 12.4 Å². The fourth-order valence-electron chi connectivity index (χ4n) is 2.80. The molecule has 0 amide bonds. The molecule has 3 rings (SSSR count). The molecule has 0 saturated carbocycles. The molecule has 1 aliphatic rings. The van der Waals surface area contributed by atoms with Crippen molar-refractivity contribution < 1.29 is 0 Å². The molecule has 2 aromatic rings. The van der Waals surface area contributed by atoms with Crippen molar-refractivity contribution in [1.29, 1.82) is 0 Å². The number of benzene rings is 2. The van der Waals surface area contributed by atoms with E-state index in [1.807, 2.05) is 0 Å². The minimum absolute atomic E-state index is 0.706.